The molecule has 2 aromatic rings. The van der Waals surface area contributed by atoms with Gasteiger partial charge >= 0.3 is 0 Å². The molecular formula is C12H13FN2OS. The van der Waals surface area contributed by atoms with E-state index < -0.39 is 0 Å². The van der Waals surface area contributed by atoms with E-state index in [1.807, 2.05) is 11.4 Å². The molecular weight excluding hydrogens is 239 g/mol. The second kappa shape index (κ2) is 5.75. The van der Waals surface area contributed by atoms with E-state index >= 15 is 0 Å². The lowest BCUT2D eigenvalue weighted by atomic mass is 10.1. The Hall–Kier alpha value is -1.46. The maximum absolute atomic E-state index is 13.6. The fourth-order valence-electron chi connectivity index (χ4n) is 1.44. The SMILES string of the molecule is NCCc1ccc(OCc2cscn2)c(F)c1. The molecule has 0 fully saturated rings. The summed E-state index contributed by atoms with van der Waals surface area (Å²) in [4.78, 5) is 4.06. The average Bonchev–Trinajstić information content (AvgIpc) is 2.81. The number of halogens is 1. The first-order valence-corrected chi connectivity index (χ1v) is 6.22. The lowest BCUT2D eigenvalue weighted by Gasteiger charge is -2.07. The fraction of sp³-hybridized carbons (Fsp3) is 0.250. The third kappa shape index (κ3) is 3.25. The standard InChI is InChI=1S/C12H13FN2OS/c13-11-5-9(3-4-14)1-2-12(11)16-6-10-7-17-8-15-10/h1-2,5,7-8H,3-4,6,14H2. The number of thiazole rings is 1. The van der Waals surface area contributed by atoms with Crippen LogP contribution in [0.3, 0.4) is 0 Å². The van der Waals surface area contributed by atoms with Crippen LogP contribution in [0, 0.1) is 5.82 Å². The molecule has 5 heteroatoms. The summed E-state index contributed by atoms with van der Waals surface area (Å²) < 4.78 is 19.0. The molecule has 2 N–H and O–H groups in total. The number of benzene rings is 1. The zero-order valence-electron chi connectivity index (χ0n) is 9.23. The van der Waals surface area contributed by atoms with Crippen LogP contribution in [0.15, 0.2) is 29.1 Å². The van der Waals surface area contributed by atoms with Gasteiger partial charge in [-0.25, -0.2) is 9.37 Å². The quantitative estimate of drug-likeness (QED) is 0.888. The summed E-state index contributed by atoms with van der Waals surface area (Å²) in [6, 6.07) is 4.92. The number of nitrogens with two attached hydrogens (primary N) is 1. The Labute approximate surface area is 103 Å². The zero-order chi connectivity index (χ0) is 12.1. The molecule has 0 atom stereocenters. The number of hydrogen-bond donors (Lipinski definition) is 1. The molecule has 0 saturated carbocycles. The van der Waals surface area contributed by atoms with Crippen molar-refractivity contribution in [3.05, 3.63) is 46.2 Å². The Kier molecular flexibility index (Phi) is 4.06. The maximum Gasteiger partial charge on any atom is 0.165 e. The van der Waals surface area contributed by atoms with Crippen molar-refractivity contribution >= 4 is 11.3 Å². The van der Waals surface area contributed by atoms with Crippen LogP contribution in [-0.2, 0) is 13.0 Å². The Morgan fingerprint density at radius 1 is 1.41 bits per heavy atom. The van der Waals surface area contributed by atoms with E-state index in [2.05, 4.69) is 4.98 Å². The molecule has 1 heterocycles. The first-order chi connectivity index (χ1) is 8.29. The van der Waals surface area contributed by atoms with Crippen LogP contribution in [0.4, 0.5) is 4.39 Å². The minimum absolute atomic E-state index is 0.249. The van der Waals surface area contributed by atoms with Crippen molar-refractivity contribution in [3.8, 4) is 5.75 Å². The summed E-state index contributed by atoms with van der Waals surface area (Å²) in [6.45, 7) is 0.801. The van der Waals surface area contributed by atoms with Crippen molar-refractivity contribution < 1.29 is 9.13 Å². The summed E-state index contributed by atoms with van der Waals surface area (Å²) in [5.41, 5.74) is 8.82. The summed E-state index contributed by atoms with van der Waals surface area (Å²) >= 11 is 1.49. The minimum Gasteiger partial charge on any atom is -0.484 e. The molecule has 17 heavy (non-hydrogen) atoms. The van der Waals surface area contributed by atoms with Crippen molar-refractivity contribution in [1.82, 2.24) is 4.98 Å². The van der Waals surface area contributed by atoms with Crippen LogP contribution < -0.4 is 10.5 Å². The Morgan fingerprint density at radius 3 is 2.94 bits per heavy atom. The first-order valence-electron chi connectivity index (χ1n) is 5.28. The molecule has 0 unspecified atom stereocenters. The molecule has 0 aliphatic rings. The molecule has 1 aromatic heterocycles. The van der Waals surface area contributed by atoms with E-state index in [4.69, 9.17) is 10.5 Å². The summed E-state index contributed by atoms with van der Waals surface area (Å²) in [5, 5.41) is 1.88. The predicted octanol–water partition coefficient (Wildman–Crippen LogP) is 2.36. The highest BCUT2D eigenvalue weighted by atomic mass is 32.1. The lowest BCUT2D eigenvalue weighted by molar-refractivity contribution is 0.286. The van der Waals surface area contributed by atoms with Gasteiger partial charge < -0.3 is 10.5 Å². The molecule has 0 bridgehead atoms. The second-order valence-electron chi connectivity index (χ2n) is 3.57. The molecule has 3 nitrogen and oxygen atoms in total. The summed E-state index contributed by atoms with van der Waals surface area (Å²) in [5.74, 6) is -0.107. The topological polar surface area (TPSA) is 48.1 Å². The number of hydrogen-bond acceptors (Lipinski definition) is 4. The highest BCUT2D eigenvalue weighted by Gasteiger charge is 2.05. The highest BCUT2D eigenvalue weighted by Crippen LogP contribution is 2.19. The van der Waals surface area contributed by atoms with Crippen molar-refractivity contribution in [2.24, 2.45) is 5.73 Å². The number of aromatic nitrogens is 1. The lowest BCUT2D eigenvalue weighted by Crippen LogP contribution is -2.03. The van der Waals surface area contributed by atoms with Crippen molar-refractivity contribution in [2.75, 3.05) is 6.54 Å². The second-order valence-corrected chi connectivity index (χ2v) is 4.29. The molecule has 0 radical (unpaired) electrons. The molecule has 1 aromatic carbocycles. The van der Waals surface area contributed by atoms with Crippen LogP contribution >= 0.6 is 11.3 Å². The van der Waals surface area contributed by atoms with Gasteiger partial charge in [0.25, 0.3) is 0 Å². The van der Waals surface area contributed by atoms with Gasteiger partial charge in [-0.3, -0.25) is 0 Å². The third-order valence-electron chi connectivity index (χ3n) is 2.29. The Morgan fingerprint density at radius 2 is 2.29 bits per heavy atom. The van der Waals surface area contributed by atoms with Crippen molar-refractivity contribution in [1.29, 1.82) is 0 Å². The van der Waals surface area contributed by atoms with Gasteiger partial charge in [0.2, 0.25) is 0 Å². The van der Waals surface area contributed by atoms with Crippen molar-refractivity contribution in [2.45, 2.75) is 13.0 Å². The monoisotopic (exact) mass is 252 g/mol. The molecule has 0 aliphatic heterocycles. The molecule has 90 valence electrons. The number of rotatable bonds is 5. The smallest absolute Gasteiger partial charge is 0.165 e. The molecule has 0 amide bonds. The zero-order valence-corrected chi connectivity index (χ0v) is 10.0. The van der Waals surface area contributed by atoms with E-state index in [0.29, 0.717) is 13.0 Å². The fourth-order valence-corrected chi connectivity index (χ4v) is 1.99. The van der Waals surface area contributed by atoms with Gasteiger partial charge in [0.1, 0.15) is 6.61 Å². The number of ether oxygens (including phenoxy) is 1. The van der Waals surface area contributed by atoms with E-state index in [1.54, 1.807) is 11.6 Å². The number of nitrogens with zero attached hydrogens (tertiary/aromatic N) is 1. The summed E-state index contributed by atoms with van der Waals surface area (Å²) in [7, 11) is 0. The summed E-state index contributed by atoms with van der Waals surface area (Å²) in [6.07, 6.45) is 0.670. The van der Waals surface area contributed by atoms with Crippen molar-refractivity contribution in [3.63, 3.8) is 0 Å². The average molecular weight is 252 g/mol. The van der Waals surface area contributed by atoms with E-state index in [9.17, 15) is 4.39 Å². The molecule has 0 saturated heterocycles. The largest absolute Gasteiger partial charge is 0.484 e. The van der Waals surface area contributed by atoms with Crippen LogP contribution in [0.25, 0.3) is 0 Å². The van der Waals surface area contributed by atoms with E-state index in [-0.39, 0.29) is 18.2 Å². The molecule has 2 rings (SSSR count). The third-order valence-corrected chi connectivity index (χ3v) is 2.92. The van der Waals surface area contributed by atoms with Crippen LogP contribution in [0.1, 0.15) is 11.3 Å². The van der Waals surface area contributed by atoms with E-state index in [1.165, 1.54) is 17.4 Å². The molecule has 0 spiro atoms. The van der Waals surface area contributed by atoms with Gasteiger partial charge in [0.05, 0.1) is 11.2 Å². The van der Waals surface area contributed by atoms with Crippen LogP contribution in [0.2, 0.25) is 0 Å². The Bertz CT molecular complexity index is 473. The predicted molar refractivity (Wildman–Crippen MR) is 65.6 cm³/mol. The normalized spacial score (nSPS) is 10.5. The van der Waals surface area contributed by atoms with Gasteiger partial charge in [-0.15, -0.1) is 11.3 Å². The van der Waals surface area contributed by atoms with Gasteiger partial charge in [-0.1, -0.05) is 6.07 Å². The van der Waals surface area contributed by atoms with Gasteiger partial charge in [-0.05, 0) is 30.7 Å². The molecule has 0 aliphatic carbocycles. The van der Waals surface area contributed by atoms with Gasteiger partial charge in [-0.2, -0.15) is 0 Å². The van der Waals surface area contributed by atoms with Crippen LogP contribution in [-0.4, -0.2) is 11.5 Å². The first kappa shape index (κ1) is 12.0. The Balaban J connectivity index is 2.01. The van der Waals surface area contributed by atoms with E-state index in [0.717, 1.165) is 11.3 Å². The van der Waals surface area contributed by atoms with Gasteiger partial charge in [0, 0.05) is 5.38 Å². The van der Waals surface area contributed by atoms with Gasteiger partial charge in [0.15, 0.2) is 11.6 Å². The highest BCUT2D eigenvalue weighted by molar-refractivity contribution is 7.07. The van der Waals surface area contributed by atoms with Crippen LogP contribution in [0.5, 0.6) is 5.75 Å². The minimum atomic E-state index is -0.355. The maximum atomic E-state index is 13.6.